The minimum atomic E-state index is -0.283. The molecule has 0 unspecified atom stereocenters. The smallest absolute Gasteiger partial charge is 0.234 e. The monoisotopic (exact) mass is 251 g/mol. The molecule has 2 rings (SSSR count). The summed E-state index contributed by atoms with van der Waals surface area (Å²) >= 11 is 0. The van der Waals surface area contributed by atoms with Crippen LogP contribution in [0.15, 0.2) is 24.3 Å². The Balaban J connectivity index is 1.76. The Bertz CT molecular complexity index is 420. The first kappa shape index (κ1) is 13.0. The van der Waals surface area contributed by atoms with Gasteiger partial charge in [-0.3, -0.25) is 9.69 Å². The van der Waals surface area contributed by atoms with Crippen LogP contribution in [0.25, 0.3) is 0 Å². The number of hydrogen-bond acceptors (Lipinski definition) is 3. The van der Waals surface area contributed by atoms with Gasteiger partial charge in [0.25, 0.3) is 0 Å². The van der Waals surface area contributed by atoms with E-state index in [1.165, 1.54) is 6.07 Å². The third-order valence-corrected chi connectivity index (χ3v) is 3.21. The van der Waals surface area contributed by atoms with Gasteiger partial charge in [0, 0.05) is 31.2 Å². The maximum atomic E-state index is 13.3. The summed E-state index contributed by atoms with van der Waals surface area (Å²) in [7, 11) is 1.92. The van der Waals surface area contributed by atoms with E-state index in [2.05, 4.69) is 10.6 Å². The number of carbonyl (C=O) groups is 1. The molecule has 4 nitrogen and oxygen atoms in total. The van der Waals surface area contributed by atoms with E-state index in [0.29, 0.717) is 18.2 Å². The Morgan fingerprint density at radius 2 is 2.22 bits per heavy atom. The molecule has 0 bridgehead atoms. The molecule has 2 N–H and O–H groups in total. The van der Waals surface area contributed by atoms with Crippen molar-refractivity contribution in [1.82, 2.24) is 15.5 Å². The molecule has 0 radical (unpaired) electrons. The van der Waals surface area contributed by atoms with Gasteiger partial charge in [-0.2, -0.15) is 0 Å². The molecule has 1 aliphatic heterocycles. The summed E-state index contributed by atoms with van der Waals surface area (Å²) in [5.74, 6) is -0.359. The van der Waals surface area contributed by atoms with Crippen molar-refractivity contribution >= 4 is 5.91 Å². The molecular formula is C13H18FN3O. The molecule has 0 aromatic heterocycles. The predicted molar refractivity (Wildman–Crippen MR) is 67.5 cm³/mol. The van der Waals surface area contributed by atoms with Gasteiger partial charge in [0.05, 0.1) is 6.54 Å². The summed E-state index contributed by atoms with van der Waals surface area (Å²) in [6.45, 7) is 2.44. The second kappa shape index (κ2) is 5.93. The van der Waals surface area contributed by atoms with Crippen LogP contribution in [-0.2, 0) is 11.3 Å². The van der Waals surface area contributed by atoms with Gasteiger partial charge in [-0.1, -0.05) is 18.2 Å². The van der Waals surface area contributed by atoms with Gasteiger partial charge in [0.15, 0.2) is 0 Å². The highest BCUT2D eigenvalue weighted by Crippen LogP contribution is 2.05. The van der Waals surface area contributed by atoms with Gasteiger partial charge >= 0.3 is 0 Å². The van der Waals surface area contributed by atoms with Crippen LogP contribution < -0.4 is 10.6 Å². The van der Waals surface area contributed by atoms with Gasteiger partial charge in [-0.05, 0) is 13.1 Å². The van der Waals surface area contributed by atoms with Crippen molar-refractivity contribution in [2.75, 3.05) is 26.7 Å². The molecule has 18 heavy (non-hydrogen) atoms. The summed E-state index contributed by atoms with van der Waals surface area (Å²) < 4.78 is 13.3. The molecule has 1 fully saturated rings. The maximum absolute atomic E-state index is 13.3. The number of halogens is 1. The van der Waals surface area contributed by atoms with E-state index in [1.54, 1.807) is 18.2 Å². The summed E-state index contributed by atoms with van der Waals surface area (Å²) in [5.41, 5.74) is 0.513. The number of likely N-dealkylation sites (N-methyl/N-ethyl adjacent to an activating group) is 1. The fraction of sp³-hybridized carbons (Fsp3) is 0.462. The van der Waals surface area contributed by atoms with Crippen LogP contribution in [0.4, 0.5) is 4.39 Å². The number of amides is 1. The summed E-state index contributed by atoms with van der Waals surface area (Å²) in [6, 6.07) is 6.90. The van der Waals surface area contributed by atoms with Gasteiger partial charge < -0.3 is 10.6 Å². The maximum Gasteiger partial charge on any atom is 0.234 e. The number of rotatable bonds is 5. The minimum absolute atomic E-state index is 0.0762. The first-order valence-corrected chi connectivity index (χ1v) is 6.08. The molecular weight excluding hydrogens is 233 g/mol. The van der Waals surface area contributed by atoms with Gasteiger partial charge in [0.1, 0.15) is 5.82 Å². The highest BCUT2D eigenvalue weighted by Gasteiger charge is 2.22. The molecule has 0 atom stereocenters. The molecule has 0 spiro atoms. The average molecular weight is 251 g/mol. The third-order valence-electron chi connectivity index (χ3n) is 3.21. The fourth-order valence-corrected chi connectivity index (χ4v) is 1.83. The molecule has 1 saturated heterocycles. The number of carbonyl (C=O) groups excluding carboxylic acids is 1. The van der Waals surface area contributed by atoms with Crippen LogP contribution >= 0.6 is 0 Å². The van der Waals surface area contributed by atoms with E-state index in [0.717, 1.165) is 13.1 Å². The second-order valence-corrected chi connectivity index (χ2v) is 4.60. The largest absolute Gasteiger partial charge is 0.351 e. The molecule has 0 saturated carbocycles. The molecule has 1 aliphatic rings. The van der Waals surface area contributed by atoms with Crippen molar-refractivity contribution in [3.63, 3.8) is 0 Å². The lowest BCUT2D eigenvalue weighted by molar-refractivity contribution is -0.122. The molecule has 1 aromatic rings. The predicted octanol–water partition coefficient (Wildman–Crippen LogP) is 0.345. The highest BCUT2D eigenvalue weighted by atomic mass is 19.1. The van der Waals surface area contributed by atoms with E-state index in [4.69, 9.17) is 0 Å². The molecule has 0 aliphatic carbocycles. The lowest BCUT2D eigenvalue weighted by Crippen LogP contribution is -2.57. The van der Waals surface area contributed by atoms with Crippen molar-refractivity contribution in [1.29, 1.82) is 0 Å². The van der Waals surface area contributed by atoms with Crippen LogP contribution in [0.3, 0.4) is 0 Å². The Kier molecular flexibility index (Phi) is 4.28. The number of benzene rings is 1. The lowest BCUT2D eigenvalue weighted by Gasteiger charge is -2.35. The number of nitrogens with zero attached hydrogens (tertiary/aromatic N) is 1. The van der Waals surface area contributed by atoms with Crippen LogP contribution in [0.1, 0.15) is 5.56 Å². The van der Waals surface area contributed by atoms with Crippen molar-refractivity contribution in [2.45, 2.75) is 12.6 Å². The fourth-order valence-electron chi connectivity index (χ4n) is 1.83. The van der Waals surface area contributed by atoms with Crippen molar-refractivity contribution in [3.8, 4) is 0 Å². The summed E-state index contributed by atoms with van der Waals surface area (Å²) in [5, 5.41) is 5.89. The SMILES string of the molecule is CN(CC(=O)NCc1ccccc1F)C1CNC1. The molecule has 1 heterocycles. The van der Waals surface area contributed by atoms with Gasteiger partial charge in [0.2, 0.25) is 5.91 Å². The van der Waals surface area contributed by atoms with Gasteiger partial charge in [-0.25, -0.2) is 4.39 Å². The zero-order valence-corrected chi connectivity index (χ0v) is 10.4. The van der Waals surface area contributed by atoms with E-state index in [-0.39, 0.29) is 18.3 Å². The van der Waals surface area contributed by atoms with Crippen molar-refractivity contribution in [2.24, 2.45) is 0 Å². The van der Waals surface area contributed by atoms with Crippen LogP contribution in [0, 0.1) is 5.82 Å². The van der Waals surface area contributed by atoms with E-state index in [9.17, 15) is 9.18 Å². The van der Waals surface area contributed by atoms with Gasteiger partial charge in [-0.15, -0.1) is 0 Å². The Morgan fingerprint density at radius 1 is 1.50 bits per heavy atom. The van der Waals surface area contributed by atoms with Crippen molar-refractivity contribution in [3.05, 3.63) is 35.6 Å². The number of hydrogen-bond donors (Lipinski definition) is 2. The lowest BCUT2D eigenvalue weighted by atomic mass is 10.1. The average Bonchev–Trinajstić information content (AvgIpc) is 2.25. The first-order chi connectivity index (χ1) is 8.66. The Labute approximate surface area is 106 Å². The van der Waals surface area contributed by atoms with E-state index >= 15 is 0 Å². The van der Waals surface area contributed by atoms with E-state index in [1.807, 2.05) is 11.9 Å². The number of nitrogens with one attached hydrogen (secondary N) is 2. The highest BCUT2D eigenvalue weighted by molar-refractivity contribution is 5.78. The zero-order chi connectivity index (χ0) is 13.0. The second-order valence-electron chi connectivity index (χ2n) is 4.60. The molecule has 1 aromatic carbocycles. The van der Waals surface area contributed by atoms with E-state index < -0.39 is 0 Å². The standard InChI is InChI=1S/C13H18FN3O/c1-17(11-7-15-8-11)9-13(18)16-6-10-4-2-3-5-12(10)14/h2-5,11,15H,6-9H2,1H3,(H,16,18). The normalized spacial score (nSPS) is 15.5. The van der Waals surface area contributed by atoms with Crippen molar-refractivity contribution < 1.29 is 9.18 Å². The topological polar surface area (TPSA) is 44.4 Å². The van der Waals surface area contributed by atoms with Crippen LogP contribution in [0.2, 0.25) is 0 Å². The zero-order valence-electron chi connectivity index (χ0n) is 10.4. The Hall–Kier alpha value is -1.46. The quantitative estimate of drug-likeness (QED) is 0.793. The Morgan fingerprint density at radius 3 is 2.83 bits per heavy atom. The summed E-state index contributed by atoms with van der Waals surface area (Å²) in [6.07, 6.45) is 0. The molecule has 5 heteroatoms. The third kappa shape index (κ3) is 3.27. The molecule has 1 amide bonds. The van der Waals surface area contributed by atoms with Crippen LogP contribution in [-0.4, -0.2) is 43.5 Å². The minimum Gasteiger partial charge on any atom is -0.351 e. The first-order valence-electron chi connectivity index (χ1n) is 6.08. The molecule has 98 valence electrons. The van der Waals surface area contributed by atoms with Crippen LogP contribution in [0.5, 0.6) is 0 Å². The summed E-state index contributed by atoms with van der Waals surface area (Å²) in [4.78, 5) is 13.7.